The predicted molar refractivity (Wildman–Crippen MR) is 112 cm³/mol. The molecular formula is C21H23N7O. The summed E-state index contributed by atoms with van der Waals surface area (Å²) in [4.78, 5) is 11.0. The number of likely N-dealkylation sites (N-methyl/N-ethyl adjacent to an activating group) is 1. The van der Waals surface area contributed by atoms with Gasteiger partial charge in [-0.1, -0.05) is 0 Å². The first kappa shape index (κ1) is 17.7. The number of pyridine rings is 2. The van der Waals surface area contributed by atoms with Crippen LogP contribution in [0.1, 0.15) is 5.69 Å². The van der Waals surface area contributed by atoms with E-state index in [-0.39, 0.29) is 6.10 Å². The van der Waals surface area contributed by atoms with Gasteiger partial charge in [-0.15, -0.1) is 0 Å². The molecular weight excluding hydrogens is 366 g/mol. The van der Waals surface area contributed by atoms with Gasteiger partial charge >= 0.3 is 0 Å². The van der Waals surface area contributed by atoms with Gasteiger partial charge in [0.15, 0.2) is 5.82 Å². The Morgan fingerprint density at radius 1 is 1.10 bits per heavy atom. The number of nitrogens with zero attached hydrogens (tertiary/aromatic N) is 6. The van der Waals surface area contributed by atoms with Crippen LogP contribution in [-0.2, 0) is 7.05 Å². The Bertz CT molecular complexity index is 1170. The highest BCUT2D eigenvalue weighted by Crippen LogP contribution is 2.32. The molecule has 0 aliphatic carbocycles. The molecule has 0 saturated carbocycles. The van der Waals surface area contributed by atoms with Gasteiger partial charge in [0.2, 0.25) is 0 Å². The molecule has 0 spiro atoms. The Hall–Kier alpha value is -3.39. The molecule has 0 atom stereocenters. The maximum atomic E-state index is 6.21. The summed E-state index contributed by atoms with van der Waals surface area (Å²) < 4.78 is 9.95. The molecule has 148 valence electrons. The Labute approximate surface area is 168 Å². The number of hydrogen-bond donors (Lipinski definition) is 1. The number of likely N-dealkylation sites (tertiary alicyclic amines) is 1. The zero-order valence-corrected chi connectivity index (χ0v) is 16.7. The van der Waals surface area contributed by atoms with E-state index in [0.29, 0.717) is 0 Å². The van der Waals surface area contributed by atoms with Crippen molar-refractivity contribution >= 4 is 17.2 Å². The second-order valence-electron chi connectivity index (χ2n) is 7.65. The number of nitrogens with one attached hydrogen (secondary N) is 1. The number of imidazole rings is 1. The zero-order valence-electron chi connectivity index (χ0n) is 16.7. The van der Waals surface area contributed by atoms with Crippen LogP contribution in [0.5, 0.6) is 5.75 Å². The zero-order chi connectivity index (χ0) is 20.0. The summed E-state index contributed by atoms with van der Waals surface area (Å²) in [6.45, 7) is 3.88. The predicted octanol–water partition coefficient (Wildman–Crippen LogP) is 2.87. The molecule has 5 heterocycles. The summed E-state index contributed by atoms with van der Waals surface area (Å²) in [5.74, 6) is 2.34. The van der Waals surface area contributed by atoms with Gasteiger partial charge in [-0.3, -0.25) is 9.88 Å². The third kappa shape index (κ3) is 3.54. The highest BCUT2D eigenvalue weighted by Gasteiger charge is 2.26. The third-order valence-corrected chi connectivity index (χ3v) is 5.06. The molecule has 5 rings (SSSR count). The van der Waals surface area contributed by atoms with Gasteiger partial charge in [0.1, 0.15) is 17.7 Å². The standard InChI is InChI=1S/C21H23N7O/c1-14-6-18(19(9-22-14)29-17-10-26(2)11-17)15-4-5-28-16(7-15)8-20(25-28)24-21-12-27(3)13-23-21/h4-9,12-13,17H,10-11H2,1-3H3,(H,24,25). The Morgan fingerprint density at radius 2 is 1.97 bits per heavy atom. The molecule has 4 aromatic rings. The maximum Gasteiger partial charge on any atom is 0.154 e. The van der Waals surface area contributed by atoms with Crippen LogP contribution in [0.2, 0.25) is 0 Å². The average molecular weight is 389 g/mol. The van der Waals surface area contributed by atoms with E-state index in [1.165, 1.54) is 0 Å². The van der Waals surface area contributed by atoms with Crippen LogP contribution in [0.15, 0.2) is 49.2 Å². The number of aryl methyl sites for hydroxylation is 2. The SMILES string of the molecule is Cc1cc(-c2ccn3nc(Nc4cn(C)cn4)cc3c2)c(OC2CN(C)C2)cn1. The van der Waals surface area contributed by atoms with Crippen LogP contribution in [0.25, 0.3) is 16.6 Å². The Kier molecular flexibility index (Phi) is 4.21. The normalized spacial score (nSPS) is 14.9. The summed E-state index contributed by atoms with van der Waals surface area (Å²) in [7, 11) is 4.03. The Balaban J connectivity index is 1.46. The maximum absolute atomic E-state index is 6.21. The van der Waals surface area contributed by atoms with E-state index in [4.69, 9.17) is 4.74 Å². The lowest BCUT2D eigenvalue weighted by Crippen LogP contribution is -2.51. The number of hydrogen-bond acceptors (Lipinski definition) is 6. The minimum absolute atomic E-state index is 0.219. The fraction of sp³-hybridized carbons (Fsp3) is 0.286. The van der Waals surface area contributed by atoms with Crippen molar-refractivity contribution in [2.45, 2.75) is 13.0 Å². The Morgan fingerprint density at radius 3 is 2.72 bits per heavy atom. The van der Waals surface area contributed by atoms with E-state index in [2.05, 4.69) is 50.5 Å². The number of aromatic nitrogens is 5. The molecule has 4 aromatic heterocycles. The molecule has 8 nitrogen and oxygen atoms in total. The van der Waals surface area contributed by atoms with Crippen LogP contribution in [-0.4, -0.2) is 55.3 Å². The van der Waals surface area contributed by atoms with Crippen molar-refractivity contribution in [3.8, 4) is 16.9 Å². The molecule has 1 fully saturated rings. The van der Waals surface area contributed by atoms with E-state index in [0.717, 1.165) is 52.8 Å². The van der Waals surface area contributed by atoms with E-state index < -0.39 is 0 Å². The van der Waals surface area contributed by atoms with Crippen LogP contribution in [0.4, 0.5) is 11.6 Å². The largest absolute Gasteiger partial charge is 0.485 e. The third-order valence-electron chi connectivity index (χ3n) is 5.06. The van der Waals surface area contributed by atoms with Gasteiger partial charge in [0.05, 0.1) is 18.0 Å². The van der Waals surface area contributed by atoms with Gasteiger partial charge in [0.25, 0.3) is 0 Å². The lowest BCUT2D eigenvalue weighted by molar-refractivity contribution is 0.0390. The quantitative estimate of drug-likeness (QED) is 0.566. The molecule has 0 bridgehead atoms. The van der Waals surface area contributed by atoms with Crippen molar-refractivity contribution in [2.75, 3.05) is 25.5 Å². The summed E-state index contributed by atoms with van der Waals surface area (Å²) in [5.41, 5.74) is 4.08. The van der Waals surface area contributed by atoms with Gasteiger partial charge in [-0.05, 0) is 37.7 Å². The van der Waals surface area contributed by atoms with Crippen molar-refractivity contribution in [3.63, 3.8) is 0 Å². The van der Waals surface area contributed by atoms with Crippen LogP contribution in [0, 0.1) is 6.92 Å². The monoisotopic (exact) mass is 389 g/mol. The summed E-state index contributed by atoms with van der Waals surface area (Å²) in [6.07, 6.45) is 7.68. The van der Waals surface area contributed by atoms with E-state index in [1.807, 2.05) is 47.7 Å². The minimum atomic E-state index is 0.219. The average Bonchev–Trinajstić information content (AvgIpc) is 3.26. The lowest BCUT2D eigenvalue weighted by atomic mass is 10.1. The molecule has 0 unspecified atom stereocenters. The molecule has 0 amide bonds. The smallest absolute Gasteiger partial charge is 0.154 e. The van der Waals surface area contributed by atoms with Crippen molar-refractivity contribution < 1.29 is 4.74 Å². The molecule has 29 heavy (non-hydrogen) atoms. The molecule has 1 N–H and O–H groups in total. The topological polar surface area (TPSA) is 72.5 Å². The van der Waals surface area contributed by atoms with Gasteiger partial charge < -0.3 is 14.6 Å². The summed E-state index contributed by atoms with van der Waals surface area (Å²) in [6, 6.07) is 8.25. The van der Waals surface area contributed by atoms with Crippen molar-refractivity contribution in [1.82, 2.24) is 29.0 Å². The number of rotatable bonds is 5. The molecule has 1 aliphatic heterocycles. The number of anilines is 2. The second-order valence-corrected chi connectivity index (χ2v) is 7.65. The molecule has 1 saturated heterocycles. The first-order chi connectivity index (χ1) is 14.0. The molecule has 8 heteroatoms. The van der Waals surface area contributed by atoms with E-state index in [9.17, 15) is 0 Å². The van der Waals surface area contributed by atoms with Crippen LogP contribution < -0.4 is 10.1 Å². The fourth-order valence-corrected chi connectivity index (χ4v) is 3.59. The molecule has 0 radical (unpaired) electrons. The van der Waals surface area contributed by atoms with Gasteiger partial charge in [-0.25, -0.2) is 9.50 Å². The van der Waals surface area contributed by atoms with Crippen molar-refractivity contribution in [2.24, 2.45) is 7.05 Å². The van der Waals surface area contributed by atoms with E-state index >= 15 is 0 Å². The van der Waals surface area contributed by atoms with Crippen molar-refractivity contribution in [3.05, 3.63) is 54.9 Å². The molecule has 0 aromatic carbocycles. The molecule has 1 aliphatic rings. The summed E-state index contributed by atoms with van der Waals surface area (Å²) in [5, 5.41) is 7.81. The highest BCUT2D eigenvalue weighted by atomic mass is 16.5. The minimum Gasteiger partial charge on any atom is -0.485 e. The van der Waals surface area contributed by atoms with Gasteiger partial charge in [-0.2, -0.15) is 5.10 Å². The number of fused-ring (bicyclic) bond motifs is 1. The fourth-order valence-electron chi connectivity index (χ4n) is 3.59. The van der Waals surface area contributed by atoms with Crippen LogP contribution >= 0.6 is 0 Å². The highest BCUT2D eigenvalue weighted by molar-refractivity contribution is 5.75. The van der Waals surface area contributed by atoms with E-state index in [1.54, 1.807) is 6.33 Å². The van der Waals surface area contributed by atoms with Gasteiger partial charge in [0, 0.05) is 49.9 Å². The van der Waals surface area contributed by atoms with Crippen molar-refractivity contribution in [1.29, 1.82) is 0 Å². The number of ether oxygens (including phenoxy) is 1. The summed E-state index contributed by atoms with van der Waals surface area (Å²) >= 11 is 0. The first-order valence-electron chi connectivity index (χ1n) is 9.60. The van der Waals surface area contributed by atoms with Crippen LogP contribution in [0.3, 0.4) is 0 Å². The first-order valence-corrected chi connectivity index (χ1v) is 9.60. The second kappa shape index (κ2) is 6.89. The lowest BCUT2D eigenvalue weighted by Gasteiger charge is -2.36.